The maximum absolute atomic E-state index is 13.0. The van der Waals surface area contributed by atoms with E-state index in [1.807, 2.05) is 6.92 Å². The number of hydrogen-bond donors (Lipinski definition) is 0. The quantitative estimate of drug-likeness (QED) is 0.566. The molecule has 1 rings (SSSR count). The predicted octanol–water partition coefficient (Wildman–Crippen LogP) is 3.43. The Bertz CT molecular complexity index is 366. The number of alkyl halides is 1. The van der Waals surface area contributed by atoms with Gasteiger partial charge in [-0.25, -0.2) is 4.39 Å². The highest BCUT2D eigenvalue weighted by atomic mass is 35.5. The summed E-state index contributed by atoms with van der Waals surface area (Å²) in [5, 5.41) is 0. The van der Waals surface area contributed by atoms with Gasteiger partial charge < -0.3 is 4.74 Å². The lowest BCUT2D eigenvalue weighted by Gasteiger charge is -2.09. The zero-order chi connectivity index (χ0) is 12.0. The highest BCUT2D eigenvalue weighted by Gasteiger charge is 2.13. The van der Waals surface area contributed by atoms with Crippen LogP contribution in [0.3, 0.4) is 0 Å². The normalized spacial score (nSPS) is 10.2. The van der Waals surface area contributed by atoms with E-state index in [-0.39, 0.29) is 23.6 Å². The van der Waals surface area contributed by atoms with E-state index in [1.54, 1.807) is 0 Å². The van der Waals surface area contributed by atoms with E-state index in [0.29, 0.717) is 12.4 Å². The molecule has 0 aromatic heterocycles. The third kappa shape index (κ3) is 3.49. The molecule has 0 bridgehead atoms. The molecule has 0 spiro atoms. The molecule has 1 aromatic rings. The van der Waals surface area contributed by atoms with Gasteiger partial charge in [0.1, 0.15) is 11.6 Å². The molecule has 0 saturated heterocycles. The van der Waals surface area contributed by atoms with E-state index >= 15 is 0 Å². The molecule has 0 atom stereocenters. The summed E-state index contributed by atoms with van der Waals surface area (Å²) in [6.45, 7) is 2.47. The first-order valence-electron chi connectivity index (χ1n) is 5.20. The highest BCUT2D eigenvalue weighted by Crippen LogP contribution is 2.21. The second-order valence-electron chi connectivity index (χ2n) is 3.35. The van der Waals surface area contributed by atoms with E-state index in [1.165, 1.54) is 18.2 Å². The summed E-state index contributed by atoms with van der Waals surface area (Å²) in [6, 6.07) is 3.95. The van der Waals surface area contributed by atoms with Crippen LogP contribution in [0.5, 0.6) is 5.75 Å². The lowest BCUT2D eigenvalue weighted by Crippen LogP contribution is -2.06. The Morgan fingerprint density at radius 3 is 2.88 bits per heavy atom. The Hall–Kier alpha value is -1.09. The van der Waals surface area contributed by atoms with Crippen LogP contribution in [0, 0.1) is 5.82 Å². The molecular formula is C12H14ClFO2. The summed E-state index contributed by atoms with van der Waals surface area (Å²) in [7, 11) is 0. The molecule has 2 nitrogen and oxygen atoms in total. The lowest BCUT2D eigenvalue weighted by atomic mass is 10.1. The van der Waals surface area contributed by atoms with Crippen molar-refractivity contribution in [3.8, 4) is 5.75 Å². The van der Waals surface area contributed by atoms with Gasteiger partial charge in [0.25, 0.3) is 0 Å². The van der Waals surface area contributed by atoms with Crippen LogP contribution in [0.2, 0.25) is 0 Å². The van der Waals surface area contributed by atoms with Gasteiger partial charge in [0.15, 0.2) is 5.78 Å². The van der Waals surface area contributed by atoms with Gasteiger partial charge in [0.05, 0.1) is 12.2 Å². The van der Waals surface area contributed by atoms with Crippen molar-refractivity contribution < 1.29 is 13.9 Å². The molecule has 1 aromatic carbocycles. The Balaban J connectivity index is 2.93. The first kappa shape index (κ1) is 13.0. The Labute approximate surface area is 99.4 Å². The summed E-state index contributed by atoms with van der Waals surface area (Å²) < 4.78 is 18.4. The first-order valence-corrected chi connectivity index (χ1v) is 5.74. The topological polar surface area (TPSA) is 26.3 Å². The van der Waals surface area contributed by atoms with Crippen LogP contribution in [-0.2, 0) is 0 Å². The van der Waals surface area contributed by atoms with Gasteiger partial charge in [-0.3, -0.25) is 4.79 Å². The van der Waals surface area contributed by atoms with Crippen LogP contribution in [0.15, 0.2) is 18.2 Å². The number of carbonyl (C=O) groups excluding carboxylic acids is 1. The Morgan fingerprint density at radius 2 is 2.25 bits per heavy atom. The van der Waals surface area contributed by atoms with Crippen molar-refractivity contribution in [1.29, 1.82) is 0 Å². The molecule has 0 amide bonds. The van der Waals surface area contributed by atoms with E-state index in [0.717, 1.165) is 6.42 Å². The second-order valence-corrected chi connectivity index (χ2v) is 3.73. The first-order chi connectivity index (χ1) is 7.69. The molecule has 0 heterocycles. The van der Waals surface area contributed by atoms with E-state index in [9.17, 15) is 9.18 Å². The molecular weight excluding hydrogens is 231 g/mol. The highest BCUT2D eigenvalue weighted by molar-refractivity contribution is 6.19. The second kappa shape index (κ2) is 6.48. The molecule has 88 valence electrons. The summed E-state index contributed by atoms with van der Waals surface area (Å²) in [4.78, 5) is 11.6. The lowest BCUT2D eigenvalue weighted by molar-refractivity contribution is 0.0984. The average Bonchev–Trinajstić information content (AvgIpc) is 2.27. The van der Waals surface area contributed by atoms with Crippen molar-refractivity contribution in [2.75, 3.05) is 12.5 Å². The molecule has 0 unspecified atom stereocenters. The zero-order valence-corrected chi connectivity index (χ0v) is 9.89. The smallest absolute Gasteiger partial charge is 0.167 e. The largest absolute Gasteiger partial charge is 0.493 e. The fourth-order valence-electron chi connectivity index (χ4n) is 1.28. The minimum absolute atomic E-state index is 0.188. The molecule has 0 saturated carbocycles. The fraction of sp³-hybridized carbons (Fsp3) is 0.417. The van der Waals surface area contributed by atoms with Gasteiger partial charge >= 0.3 is 0 Å². The third-order valence-corrected chi connectivity index (χ3v) is 2.21. The van der Waals surface area contributed by atoms with Gasteiger partial charge in [-0.1, -0.05) is 6.92 Å². The maximum atomic E-state index is 13.0. The van der Waals surface area contributed by atoms with Crippen molar-refractivity contribution in [3.63, 3.8) is 0 Å². The molecule has 16 heavy (non-hydrogen) atoms. The Kier molecular flexibility index (Phi) is 5.26. The molecule has 0 fully saturated rings. The number of benzene rings is 1. The van der Waals surface area contributed by atoms with Crippen molar-refractivity contribution in [1.82, 2.24) is 0 Å². The summed E-state index contributed by atoms with van der Waals surface area (Å²) in [6.07, 6.45) is 1.02. The van der Waals surface area contributed by atoms with Gasteiger partial charge in [0, 0.05) is 12.3 Å². The number of carbonyl (C=O) groups is 1. The maximum Gasteiger partial charge on any atom is 0.167 e. The number of Topliss-reactive ketones (excluding diaryl/α,β-unsaturated/α-hetero) is 1. The van der Waals surface area contributed by atoms with Gasteiger partial charge in [-0.15, -0.1) is 11.6 Å². The van der Waals surface area contributed by atoms with Crippen LogP contribution >= 0.6 is 11.6 Å². The summed E-state index contributed by atoms with van der Waals surface area (Å²) >= 11 is 5.49. The van der Waals surface area contributed by atoms with Crippen LogP contribution < -0.4 is 4.74 Å². The van der Waals surface area contributed by atoms with Crippen LogP contribution in [-0.4, -0.2) is 18.3 Å². The van der Waals surface area contributed by atoms with Crippen molar-refractivity contribution >= 4 is 17.4 Å². The molecule has 0 N–H and O–H groups in total. The Morgan fingerprint density at radius 1 is 1.50 bits per heavy atom. The predicted molar refractivity (Wildman–Crippen MR) is 61.9 cm³/mol. The van der Waals surface area contributed by atoms with Crippen molar-refractivity contribution in [2.45, 2.75) is 19.8 Å². The zero-order valence-electron chi connectivity index (χ0n) is 9.13. The molecule has 0 aliphatic carbocycles. The third-order valence-electron chi connectivity index (χ3n) is 2.03. The van der Waals surface area contributed by atoms with Crippen LogP contribution in [0.1, 0.15) is 30.1 Å². The average molecular weight is 245 g/mol. The molecule has 4 heteroatoms. The molecule has 0 aliphatic heterocycles. The number of rotatable bonds is 6. The number of halogens is 2. The van der Waals surface area contributed by atoms with Crippen molar-refractivity contribution in [3.05, 3.63) is 29.6 Å². The van der Waals surface area contributed by atoms with Crippen LogP contribution in [0.25, 0.3) is 0 Å². The standard InChI is InChI=1S/C12H14ClFO2/c1-2-7-16-12-4-3-9(14)8-10(12)11(15)5-6-13/h3-4,8H,2,5-7H2,1H3. The van der Waals surface area contributed by atoms with Crippen LogP contribution in [0.4, 0.5) is 4.39 Å². The van der Waals surface area contributed by atoms with Crippen molar-refractivity contribution in [2.24, 2.45) is 0 Å². The monoisotopic (exact) mass is 244 g/mol. The van der Waals surface area contributed by atoms with Gasteiger partial charge in [-0.2, -0.15) is 0 Å². The minimum Gasteiger partial charge on any atom is -0.493 e. The van der Waals surface area contributed by atoms with Gasteiger partial charge in [-0.05, 0) is 24.6 Å². The van der Waals surface area contributed by atoms with E-state index in [2.05, 4.69) is 0 Å². The number of ketones is 1. The number of ether oxygens (including phenoxy) is 1. The minimum atomic E-state index is -0.443. The van der Waals surface area contributed by atoms with Gasteiger partial charge in [0.2, 0.25) is 0 Å². The van der Waals surface area contributed by atoms with E-state index in [4.69, 9.17) is 16.3 Å². The summed E-state index contributed by atoms with van der Waals surface area (Å²) in [5.74, 6) is 0.0171. The molecule has 0 aliphatic rings. The number of hydrogen-bond acceptors (Lipinski definition) is 2. The SMILES string of the molecule is CCCOc1ccc(F)cc1C(=O)CCCl. The molecule has 0 radical (unpaired) electrons. The summed E-state index contributed by atoms with van der Waals surface area (Å²) in [5.41, 5.74) is 0.272. The fourth-order valence-corrected chi connectivity index (χ4v) is 1.45. The van der Waals surface area contributed by atoms with E-state index < -0.39 is 5.82 Å².